The first kappa shape index (κ1) is 12.4. The van der Waals surface area contributed by atoms with Crippen LogP contribution in [-0.2, 0) is 11.3 Å². The van der Waals surface area contributed by atoms with Crippen LogP contribution in [-0.4, -0.2) is 27.4 Å². The molecule has 0 amide bonds. The third-order valence-electron chi connectivity index (χ3n) is 2.19. The van der Waals surface area contributed by atoms with Crippen molar-refractivity contribution < 1.29 is 9.53 Å². The molecule has 2 aromatic heterocycles. The van der Waals surface area contributed by atoms with E-state index in [0.717, 1.165) is 16.5 Å². The van der Waals surface area contributed by atoms with E-state index in [1.165, 1.54) is 24.8 Å². The summed E-state index contributed by atoms with van der Waals surface area (Å²) in [5.41, 5.74) is 1.32. The number of rotatable bonds is 4. The van der Waals surface area contributed by atoms with Crippen LogP contribution in [0.4, 0.5) is 5.13 Å². The summed E-state index contributed by atoms with van der Waals surface area (Å²) in [6, 6.07) is 1.74. The van der Waals surface area contributed by atoms with Crippen molar-refractivity contribution in [2.45, 2.75) is 13.5 Å². The van der Waals surface area contributed by atoms with E-state index in [9.17, 15) is 4.79 Å². The first-order valence-electron chi connectivity index (χ1n) is 5.25. The molecule has 7 heteroatoms. The summed E-state index contributed by atoms with van der Waals surface area (Å²) >= 11 is 1.30. The van der Waals surface area contributed by atoms with E-state index < -0.39 is 5.97 Å². The van der Waals surface area contributed by atoms with Crippen molar-refractivity contribution in [1.29, 1.82) is 0 Å². The third-order valence-corrected chi connectivity index (χ3v) is 2.95. The van der Waals surface area contributed by atoms with E-state index in [-0.39, 0.29) is 0 Å². The van der Waals surface area contributed by atoms with E-state index in [2.05, 4.69) is 24.4 Å². The molecule has 18 heavy (non-hydrogen) atoms. The minimum Gasteiger partial charge on any atom is -0.465 e. The van der Waals surface area contributed by atoms with E-state index >= 15 is 0 Å². The van der Waals surface area contributed by atoms with Crippen molar-refractivity contribution in [3.05, 3.63) is 35.4 Å². The molecule has 0 bridgehead atoms. The monoisotopic (exact) mass is 264 g/mol. The molecular formula is C11H12N4O2S. The van der Waals surface area contributed by atoms with E-state index in [1.807, 2.05) is 6.92 Å². The molecule has 0 atom stereocenters. The molecule has 0 saturated carbocycles. The number of esters is 1. The van der Waals surface area contributed by atoms with Crippen molar-refractivity contribution in [2.75, 3.05) is 12.4 Å². The maximum Gasteiger partial charge on any atom is 0.339 e. The highest BCUT2D eigenvalue weighted by atomic mass is 32.1. The average molecular weight is 264 g/mol. The Hall–Kier alpha value is -2.02. The lowest BCUT2D eigenvalue weighted by Crippen LogP contribution is -2.05. The molecule has 94 valence electrons. The molecule has 0 spiro atoms. The molecule has 0 aliphatic carbocycles. The average Bonchev–Trinajstić information content (AvgIpc) is 2.81. The lowest BCUT2D eigenvalue weighted by Gasteiger charge is -2.04. The number of ether oxygens (including phenoxy) is 1. The van der Waals surface area contributed by atoms with Crippen LogP contribution in [0.3, 0.4) is 0 Å². The largest absolute Gasteiger partial charge is 0.465 e. The zero-order valence-electron chi connectivity index (χ0n) is 10.0. The normalized spacial score (nSPS) is 10.1. The van der Waals surface area contributed by atoms with Crippen LogP contribution >= 0.6 is 11.5 Å². The summed E-state index contributed by atoms with van der Waals surface area (Å²) in [4.78, 5) is 19.5. The van der Waals surface area contributed by atoms with Crippen molar-refractivity contribution in [3.63, 3.8) is 0 Å². The Morgan fingerprint density at radius 2 is 2.33 bits per heavy atom. The molecule has 0 aliphatic rings. The Morgan fingerprint density at radius 1 is 1.50 bits per heavy atom. The molecule has 0 aliphatic heterocycles. The fourth-order valence-corrected chi connectivity index (χ4v) is 1.93. The van der Waals surface area contributed by atoms with Crippen LogP contribution in [0.25, 0.3) is 0 Å². The topological polar surface area (TPSA) is 77.0 Å². The number of nitrogens with zero attached hydrogens (tertiary/aromatic N) is 3. The minimum absolute atomic E-state index is 0.392. The predicted molar refractivity (Wildman–Crippen MR) is 67.5 cm³/mol. The van der Waals surface area contributed by atoms with Gasteiger partial charge in [0, 0.05) is 30.5 Å². The van der Waals surface area contributed by atoms with Crippen LogP contribution in [0.15, 0.2) is 18.5 Å². The van der Waals surface area contributed by atoms with E-state index in [1.54, 1.807) is 12.3 Å². The van der Waals surface area contributed by atoms with Gasteiger partial charge in [-0.2, -0.15) is 4.37 Å². The molecule has 2 aromatic rings. The number of hydrogen-bond acceptors (Lipinski definition) is 7. The molecule has 0 radical (unpaired) electrons. The number of aryl methyl sites for hydroxylation is 1. The first-order chi connectivity index (χ1) is 8.69. The number of anilines is 1. The van der Waals surface area contributed by atoms with Gasteiger partial charge in [0.05, 0.1) is 12.7 Å². The number of nitrogens with one attached hydrogen (secondary N) is 1. The molecule has 2 rings (SSSR count). The summed E-state index contributed by atoms with van der Waals surface area (Å²) in [6.45, 7) is 2.37. The number of methoxy groups -OCH3 is 1. The minimum atomic E-state index is -0.392. The fourth-order valence-electron chi connectivity index (χ4n) is 1.36. The zero-order valence-corrected chi connectivity index (χ0v) is 10.8. The lowest BCUT2D eigenvalue weighted by molar-refractivity contribution is 0.0600. The van der Waals surface area contributed by atoms with Crippen LogP contribution < -0.4 is 5.32 Å². The zero-order chi connectivity index (χ0) is 13.0. The Bertz CT molecular complexity index is 555. The van der Waals surface area contributed by atoms with Gasteiger partial charge in [-0.25, -0.2) is 9.78 Å². The Morgan fingerprint density at radius 3 is 3.00 bits per heavy atom. The number of hydrogen-bond donors (Lipinski definition) is 1. The fraction of sp³-hybridized carbons (Fsp3) is 0.273. The van der Waals surface area contributed by atoms with Gasteiger partial charge in [0.1, 0.15) is 5.82 Å². The van der Waals surface area contributed by atoms with Gasteiger partial charge in [0.25, 0.3) is 0 Å². The first-order valence-corrected chi connectivity index (χ1v) is 6.03. The molecule has 0 aromatic carbocycles. The quantitative estimate of drug-likeness (QED) is 0.846. The van der Waals surface area contributed by atoms with Gasteiger partial charge in [-0.3, -0.25) is 4.98 Å². The Kier molecular flexibility index (Phi) is 3.83. The second kappa shape index (κ2) is 5.54. The van der Waals surface area contributed by atoms with Crippen LogP contribution in [0.2, 0.25) is 0 Å². The number of aromatic nitrogens is 3. The lowest BCUT2D eigenvalue weighted by atomic mass is 10.2. The molecule has 1 N–H and O–H groups in total. The smallest absolute Gasteiger partial charge is 0.339 e. The molecule has 6 nitrogen and oxygen atoms in total. The Balaban J connectivity index is 2.03. The summed E-state index contributed by atoms with van der Waals surface area (Å²) in [6.07, 6.45) is 3.16. The van der Waals surface area contributed by atoms with Crippen LogP contribution in [0.1, 0.15) is 21.7 Å². The molecule has 0 fully saturated rings. The van der Waals surface area contributed by atoms with Crippen molar-refractivity contribution in [3.8, 4) is 0 Å². The number of pyridine rings is 1. The van der Waals surface area contributed by atoms with Crippen molar-refractivity contribution in [2.24, 2.45) is 0 Å². The van der Waals surface area contributed by atoms with Gasteiger partial charge in [0.15, 0.2) is 0 Å². The van der Waals surface area contributed by atoms with Gasteiger partial charge in [-0.15, -0.1) is 0 Å². The molecular weight excluding hydrogens is 252 g/mol. The van der Waals surface area contributed by atoms with Gasteiger partial charge in [-0.1, -0.05) is 0 Å². The van der Waals surface area contributed by atoms with E-state index in [0.29, 0.717) is 12.1 Å². The number of carbonyl (C=O) groups excluding carboxylic acids is 1. The standard InChI is InChI=1S/C11H12N4O2S/c1-7-14-11(18-15-7)13-5-8-3-9(6-12-4-8)10(16)17-2/h3-4,6H,5H2,1-2H3,(H,13,14,15). The van der Waals surface area contributed by atoms with Crippen LogP contribution in [0.5, 0.6) is 0 Å². The molecule has 0 unspecified atom stereocenters. The highest BCUT2D eigenvalue weighted by Gasteiger charge is 2.07. The van der Waals surface area contributed by atoms with Crippen molar-refractivity contribution in [1.82, 2.24) is 14.3 Å². The molecule has 0 saturated heterocycles. The predicted octanol–water partition coefficient (Wildman–Crippen LogP) is 1.64. The highest BCUT2D eigenvalue weighted by Crippen LogP contribution is 2.12. The SMILES string of the molecule is COC(=O)c1cncc(CNc2nc(C)ns2)c1. The summed E-state index contributed by atoms with van der Waals surface area (Å²) < 4.78 is 8.70. The second-order valence-corrected chi connectivity index (χ2v) is 4.33. The maximum absolute atomic E-state index is 11.3. The second-order valence-electron chi connectivity index (χ2n) is 3.57. The van der Waals surface area contributed by atoms with Gasteiger partial charge < -0.3 is 10.1 Å². The third kappa shape index (κ3) is 3.01. The van der Waals surface area contributed by atoms with Crippen LogP contribution in [0, 0.1) is 6.92 Å². The van der Waals surface area contributed by atoms with Gasteiger partial charge in [0.2, 0.25) is 5.13 Å². The summed E-state index contributed by atoms with van der Waals surface area (Å²) in [5.74, 6) is 0.347. The van der Waals surface area contributed by atoms with Crippen molar-refractivity contribution >= 4 is 22.6 Å². The van der Waals surface area contributed by atoms with Gasteiger partial charge in [-0.05, 0) is 18.6 Å². The van der Waals surface area contributed by atoms with Gasteiger partial charge >= 0.3 is 5.97 Å². The highest BCUT2D eigenvalue weighted by molar-refractivity contribution is 7.09. The summed E-state index contributed by atoms with van der Waals surface area (Å²) in [5, 5.41) is 3.86. The summed E-state index contributed by atoms with van der Waals surface area (Å²) in [7, 11) is 1.34. The maximum atomic E-state index is 11.3. The Labute approximate surface area is 108 Å². The van der Waals surface area contributed by atoms with E-state index in [4.69, 9.17) is 0 Å². The number of carbonyl (C=O) groups is 1. The molecule has 2 heterocycles.